The highest BCUT2D eigenvalue weighted by Crippen LogP contribution is 2.40. The monoisotopic (exact) mass is 352 g/mol. The van der Waals surface area contributed by atoms with Crippen LogP contribution in [0.2, 0.25) is 0 Å². The van der Waals surface area contributed by atoms with Crippen LogP contribution in [0.25, 0.3) is 0 Å². The highest BCUT2D eigenvalue weighted by Gasteiger charge is 2.30. The van der Waals surface area contributed by atoms with Crippen LogP contribution in [0.5, 0.6) is 0 Å². The molecule has 2 aromatic rings. The third kappa shape index (κ3) is 3.58. The molecule has 1 atom stereocenters. The Kier molecular flexibility index (Phi) is 4.84. The van der Waals surface area contributed by atoms with Crippen LogP contribution in [0.1, 0.15) is 38.4 Å². The fraction of sp³-hybridized carbons (Fsp3) is 0.438. The number of thioether (sulfide) groups is 1. The molecule has 1 amide bonds. The van der Waals surface area contributed by atoms with Crippen molar-refractivity contribution in [1.82, 2.24) is 14.8 Å². The van der Waals surface area contributed by atoms with Gasteiger partial charge < -0.3 is 9.88 Å². The Hall–Kier alpha value is -1.96. The van der Waals surface area contributed by atoms with E-state index >= 15 is 0 Å². The number of carbonyl (C=O) groups excluding carboxylic acids is 1. The molecule has 1 aromatic carbocycles. The molecule has 0 aliphatic heterocycles. The number of carbonyl (C=O) groups is 1. The van der Waals surface area contributed by atoms with E-state index in [1.807, 2.05) is 11.5 Å². The zero-order valence-corrected chi connectivity index (χ0v) is 14.2. The summed E-state index contributed by atoms with van der Waals surface area (Å²) in [4.78, 5) is 12.3. The lowest BCUT2D eigenvalue weighted by Crippen LogP contribution is -2.23. The van der Waals surface area contributed by atoms with Crippen molar-refractivity contribution in [1.29, 1.82) is 0 Å². The third-order valence-corrected chi connectivity index (χ3v) is 4.92. The number of aromatic nitrogens is 3. The summed E-state index contributed by atoms with van der Waals surface area (Å²) < 4.78 is 28.8. The van der Waals surface area contributed by atoms with Crippen molar-refractivity contribution < 1.29 is 13.6 Å². The van der Waals surface area contributed by atoms with Gasteiger partial charge in [-0.25, -0.2) is 8.78 Å². The van der Waals surface area contributed by atoms with E-state index in [-0.39, 0.29) is 5.69 Å². The standard InChI is InChI=1S/C16H18F2N4OS/c1-3-22-14(10-4-5-10)20-21-16(22)24-9(2)15(23)19-13-8-11(17)6-7-12(13)18/h6-10H,3-5H2,1-2H3,(H,19,23)/t9-/m1/s1. The molecule has 1 aliphatic carbocycles. The number of amides is 1. The molecule has 1 saturated carbocycles. The molecule has 0 bridgehead atoms. The van der Waals surface area contributed by atoms with Crippen molar-refractivity contribution >= 4 is 23.4 Å². The van der Waals surface area contributed by atoms with E-state index in [1.165, 1.54) is 11.8 Å². The average molecular weight is 352 g/mol. The molecule has 8 heteroatoms. The Balaban J connectivity index is 1.69. The molecule has 128 valence electrons. The van der Waals surface area contributed by atoms with E-state index in [2.05, 4.69) is 15.5 Å². The van der Waals surface area contributed by atoms with Gasteiger partial charge in [-0.05, 0) is 38.8 Å². The zero-order valence-electron chi connectivity index (χ0n) is 13.4. The second kappa shape index (κ2) is 6.88. The van der Waals surface area contributed by atoms with Crippen LogP contribution in [0.15, 0.2) is 23.4 Å². The van der Waals surface area contributed by atoms with Crippen LogP contribution in [-0.4, -0.2) is 25.9 Å². The largest absolute Gasteiger partial charge is 0.323 e. The molecule has 0 spiro atoms. The smallest absolute Gasteiger partial charge is 0.237 e. The summed E-state index contributed by atoms with van der Waals surface area (Å²) in [6.45, 7) is 4.43. The zero-order chi connectivity index (χ0) is 17.3. The van der Waals surface area contributed by atoms with Gasteiger partial charge in [-0.15, -0.1) is 10.2 Å². The molecule has 1 fully saturated rings. The van der Waals surface area contributed by atoms with Crippen molar-refractivity contribution in [2.24, 2.45) is 0 Å². The van der Waals surface area contributed by atoms with Gasteiger partial charge >= 0.3 is 0 Å². The summed E-state index contributed by atoms with van der Waals surface area (Å²) in [7, 11) is 0. The summed E-state index contributed by atoms with van der Waals surface area (Å²) in [5.41, 5.74) is -0.164. The van der Waals surface area contributed by atoms with Crippen molar-refractivity contribution in [2.45, 2.75) is 49.6 Å². The number of rotatable bonds is 6. The van der Waals surface area contributed by atoms with E-state index in [4.69, 9.17) is 0 Å². The van der Waals surface area contributed by atoms with Crippen LogP contribution in [0.4, 0.5) is 14.5 Å². The lowest BCUT2D eigenvalue weighted by Gasteiger charge is -2.13. The predicted molar refractivity (Wildman–Crippen MR) is 88.0 cm³/mol. The molecule has 0 unspecified atom stereocenters. The number of anilines is 1. The van der Waals surface area contributed by atoms with Crippen LogP contribution < -0.4 is 5.32 Å². The van der Waals surface area contributed by atoms with E-state index in [1.54, 1.807) is 6.92 Å². The number of nitrogens with zero attached hydrogens (tertiary/aromatic N) is 3. The highest BCUT2D eigenvalue weighted by atomic mass is 32.2. The number of halogens is 2. The number of benzene rings is 1. The summed E-state index contributed by atoms with van der Waals surface area (Å²) in [5.74, 6) is -0.259. The van der Waals surface area contributed by atoms with Gasteiger partial charge in [0.15, 0.2) is 5.16 Å². The predicted octanol–water partition coefficient (Wildman–Crippen LogP) is 3.57. The summed E-state index contributed by atoms with van der Waals surface area (Å²) in [6, 6.07) is 2.95. The minimum absolute atomic E-state index is 0.164. The Morgan fingerprint density at radius 3 is 2.83 bits per heavy atom. The first-order chi connectivity index (χ1) is 11.5. The Bertz CT molecular complexity index is 761. The number of hydrogen-bond donors (Lipinski definition) is 1. The molecule has 1 aromatic heterocycles. The summed E-state index contributed by atoms with van der Waals surface area (Å²) in [6.07, 6.45) is 2.25. The Labute approximate surface area is 142 Å². The van der Waals surface area contributed by atoms with Gasteiger partial charge in [0.2, 0.25) is 5.91 Å². The quantitative estimate of drug-likeness (QED) is 0.808. The fourth-order valence-electron chi connectivity index (χ4n) is 2.37. The minimum atomic E-state index is -0.672. The highest BCUT2D eigenvalue weighted by molar-refractivity contribution is 8.00. The van der Waals surface area contributed by atoms with Gasteiger partial charge in [0, 0.05) is 18.5 Å². The second-order valence-electron chi connectivity index (χ2n) is 5.73. The van der Waals surface area contributed by atoms with Gasteiger partial charge in [-0.3, -0.25) is 4.79 Å². The van der Waals surface area contributed by atoms with Crippen LogP contribution in [0, 0.1) is 11.6 Å². The molecule has 5 nitrogen and oxygen atoms in total. The van der Waals surface area contributed by atoms with Crippen molar-refractivity contribution in [3.63, 3.8) is 0 Å². The molecule has 0 saturated heterocycles. The van der Waals surface area contributed by atoms with Gasteiger partial charge in [-0.2, -0.15) is 0 Å². The van der Waals surface area contributed by atoms with Gasteiger partial charge in [0.25, 0.3) is 0 Å². The minimum Gasteiger partial charge on any atom is -0.323 e. The van der Waals surface area contributed by atoms with Crippen LogP contribution in [-0.2, 0) is 11.3 Å². The average Bonchev–Trinajstić information content (AvgIpc) is 3.32. The summed E-state index contributed by atoms with van der Waals surface area (Å²) in [5, 5.41) is 11.0. The van der Waals surface area contributed by atoms with E-state index in [0.29, 0.717) is 11.1 Å². The SMILES string of the molecule is CCn1c(S[C@H](C)C(=O)Nc2cc(F)ccc2F)nnc1C1CC1. The maximum Gasteiger partial charge on any atom is 0.237 e. The lowest BCUT2D eigenvalue weighted by atomic mass is 10.3. The normalized spacial score (nSPS) is 15.3. The van der Waals surface area contributed by atoms with Gasteiger partial charge in [0.1, 0.15) is 17.5 Å². The topological polar surface area (TPSA) is 59.8 Å². The third-order valence-electron chi connectivity index (χ3n) is 3.84. The maximum absolute atomic E-state index is 13.6. The fourth-order valence-corrected chi connectivity index (χ4v) is 3.29. The molecular weight excluding hydrogens is 334 g/mol. The lowest BCUT2D eigenvalue weighted by molar-refractivity contribution is -0.115. The summed E-state index contributed by atoms with van der Waals surface area (Å²) >= 11 is 1.26. The van der Waals surface area contributed by atoms with Crippen molar-refractivity contribution in [3.8, 4) is 0 Å². The first-order valence-corrected chi connectivity index (χ1v) is 8.73. The molecule has 1 heterocycles. The van der Waals surface area contributed by atoms with Crippen LogP contribution >= 0.6 is 11.8 Å². The first-order valence-electron chi connectivity index (χ1n) is 7.85. The molecule has 1 N–H and O–H groups in total. The number of hydrogen-bond acceptors (Lipinski definition) is 4. The van der Waals surface area contributed by atoms with Crippen molar-refractivity contribution in [2.75, 3.05) is 5.32 Å². The number of nitrogens with one attached hydrogen (secondary N) is 1. The second-order valence-corrected chi connectivity index (χ2v) is 7.04. The van der Waals surface area contributed by atoms with E-state index in [0.717, 1.165) is 43.4 Å². The van der Waals surface area contributed by atoms with Gasteiger partial charge in [0.05, 0.1) is 10.9 Å². The molecule has 1 aliphatic rings. The maximum atomic E-state index is 13.6. The van der Waals surface area contributed by atoms with E-state index in [9.17, 15) is 13.6 Å². The Morgan fingerprint density at radius 2 is 2.17 bits per heavy atom. The van der Waals surface area contributed by atoms with Crippen LogP contribution in [0.3, 0.4) is 0 Å². The van der Waals surface area contributed by atoms with Gasteiger partial charge in [-0.1, -0.05) is 11.8 Å². The van der Waals surface area contributed by atoms with Crippen molar-refractivity contribution in [3.05, 3.63) is 35.7 Å². The molecule has 0 radical (unpaired) electrons. The molecular formula is C16H18F2N4OS. The van der Waals surface area contributed by atoms with E-state index < -0.39 is 22.8 Å². The Morgan fingerprint density at radius 1 is 1.42 bits per heavy atom. The molecule has 3 rings (SSSR count). The first kappa shape index (κ1) is 16.9. The molecule has 24 heavy (non-hydrogen) atoms.